The van der Waals surface area contributed by atoms with E-state index in [1.165, 1.54) is 47.9 Å². The summed E-state index contributed by atoms with van der Waals surface area (Å²) >= 11 is 0. The van der Waals surface area contributed by atoms with E-state index in [0.29, 0.717) is 17.1 Å². The van der Waals surface area contributed by atoms with Crippen LogP contribution in [0.2, 0.25) is 0 Å². The smallest absolute Gasteiger partial charge is 0.287 e. The Kier molecular flexibility index (Phi) is 6.55. The van der Waals surface area contributed by atoms with E-state index in [9.17, 15) is 4.79 Å². The Balaban J connectivity index is 1.45. The largest absolute Gasteiger partial charge is 0.456 e. The zero-order chi connectivity index (χ0) is 24.9. The summed E-state index contributed by atoms with van der Waals surface area (Å²) in [5, 5.41) is 3.16. The van der Waals surface area contributed by atoms with Crippen LogP contribution < -0.4 is 5.32 Å². The van der Waals surface area contributed by atoms with E-state index < -0.39 is 0 Å². The van der Waals surface area contributed by atoms with Crippen LogP contribution >= 0.6 is 0 Å². The van der Waals surface area contributed by atoms with Crippen LogP contribution in [0.25, 0.3) is 0 Å². The van der Waals surface area contributed by atoms with Crippen molar-refractivity contribution in [2.24, 2.45) is 17.3 Å². The number of aryl methyl sites for hydroxylation is 1. The first kappa shape index (κ1) is 25.1. The number of hydrogen-bond acceptors (Lipinski definition) is 2. The van der Waals surface area contributed by atoms with Crippen LogP contribution in [0.4, 0.5) is 0 Å². The fourth-order valence-corrected chi connectivity index (χ4v) is 6.18. The number of carbonyl (C=O) groups is 1. The maximum absolute atomic E-state index is 12.8. The first-order chi connectivity index (χ1) is 15.8. The summed E-state index contributed by atoms with van der Waals surface area (Å²) in [6.07, 6.45) is 6.75. The fraction of sp³-hybridized carbons (Fsp3) is 0.645. The molecule has 2 aliphatic rings. The van der Waals surface area contributed by atoms with Gasteiger partial charge in [0.05, 0.1) is 0 Å². The molecule has 2 aliphatic carbocycles. The first-order valence-electron chi connectivity index (χ1n) is 13.4. The van der Waals surface area contributed by atoms with Crippen molar-refractivity contribution in [3.63, 3.8) is 0 Å². The Morgan fingerprint density at radius 2 is 1.68 bits per heavy atom. The van der Waals surface area contributed by atoms with Crippen LogP contribution in [0.3, 0.4) is 0 Å². The normalized spacial score (nSPS) is 22.6. The molecule has 1 heterocycles. The van der Waals surface area contributed by atoms with Gasteiger partial charge in [0.1, 0.15) is 5.76 Å². The van der Waals surface area contributed by atoms with Gasteiger partial charge in [0, 0.05) is 13.0 Å². The van der Waals surface area contributed by atoms with Crippen molar-refractivity contribution in [1.29, 1.82) is 0 Å². The van der Waals surface area contributed by atoms with Crippen LogP contribution in [0.15, 0.2) is 28.7 Å². The maximum atomic E-state index is 12.8. The molecule has 0 radical (unpaired) electrons. The first-order valence-corrected chi connectivity index (χ1v) is 13.4. The Bertz CT molecular complexity index is 1060. The molecule has 2 aromatic rings. The lowest BCUT2D eigenvalue weighted by Crippen LogP contribution is -2.34. The summed E-state index contributed by atoms with van der Waals surface area (Å²) in [6.45, 7) is 19.3. The average molecular weight is 464 g/mol. The van der Waals surface area contributed by atoms with Crippen molar-refractivity contribution in [3.05, 3.63) is 58.0 Å². The van der Waals surface area contributed by atoms with Crippen molar-refractivity contribution in [3.8, 4) is 0 Å². The molecule has 2 atom stereocenters. The second-order valence-electron chi connectivity index (χ2n) is 13.1. The molecule has 1 aromatic carbocycles. The van der Waals surface area contributed by atoms with Crippen LogP contribution in [0.5, 0.6) is 0 Å². The van der Waals surface area contributed by atoms with Gasteiger partial charge in [-0.05, 0) is 95.1 Å². The summed E-state index contributed by atoms with van der Waals surface area (Å²) in [5.74, 6) is 2.48. The number of benzene rings is 1. The molecule has 0 aliphatic heterocycles. The second-order valence-corrected chi connectivity index (χ2v) is 13.1. The molecule has 1 amide bonds. The Labute approximate surface area is 207 Å². The van der Waals surface area contributed by atoms with E-state index in [4.69, 9.17) is 4.42 Å². The van der Waals surface area contributed by atoms with Crippen LogP contribution in [-0.2, 0) is 17.3 Å². The minimum absolute atomic E-state index is 0.0872. The Morgan fingerprint density at radius 1 is 1.06 bits per heavy atom. The third kappa shape index (κ3) is 4.99. The number of amides is 1. The summed E-state index contributed by atoms with van der Waals surface area (Å²) in [7, 11) is 0. The van der Waals surface area contributed by atoms with E-state index >= 15 is 0 Å². The quantitative estimate of drug-likeness (QED) is 0.435. The third-order valence-electron chi connectivity index (χ3n) is 8.90. The van der Waals surface area contributed by atoms with Crippen molar-refractivity contribution in [1.82, 2.24) is 5.32 Å². The fourth-order valence-electron chi connectivity index (χ4n) is 6.18. The molecule has 186 valence electrons. The molecule has 1 fully saturated rings. The molecule has 1 N–H and O–H groups in total. The molecule has 0 saturated heterocycles. The number of nitrogens with one attached hydrogen (secondary N) is 1. The minimum atomic E-state index is -0.0872. The molecule has 0 bridgehead atoms. The molecule has 3 nitrogen and oxygen atoms in total. The van der Waals surface area contributed by atoms with E-state index in [0.717, 1.165) is 31.1 Å². The highest BCUT2D eigenvalue weighted by Crippen LogP contribution is 2.56. The topological polar surface area (TPSA) is 42.2 Å². The van der Waals surface area contributed by atoms with E-state index in [1.807, 2.05) is 12.1 Å². The Morgan fingerprint density at radius 3 is 2.26 bits per heavy atom. The second kappa shape index (κ2) is 8.88. The highest BCUT2D eigenvalue weighted by atomic mass is 16.3. The molecule has 1 aromatic heterocycles. The van der Waals surface area contributed by atoms with Gasteiger partial charge in [-0.3, -0.25) is 4.79 Å². The zero-order valence-electron chi connectivity index (χ0n) is 22.7. The summed E-state index contributed by atoms with van der Waals surface area (Å²) in [4.78, 5) is 12.8. The predicted molar refractivity (Wildman–Crippen MR) is 141 cm³/mol. The molecule has 3 heteroatoms. The molecule has 4 rings (SSSR count). The lowest BCUT2D eigenvalue weighted by Gasteiger charge is -2.42. The van der Waals surface area contributed by atoms with Gasteiger partial charge in [0.25, 0.3) is 5.91 Å². The molecular formula is C31H45NO2. The number of rotatable bonds is 8. The van der Waals surface area contributed by atoms with Crippen molar-refractivity contribution in [2.45, 2.75) is 105 Å². The van der Waals surface area contributed by atoms with E-state index in [2.05, 4.69) is 72.8 Å². The van der Waals surface area contributed by atoms with Crippen molar-refractivity contribution < 1.29 is 9.21 Å². The van der Waals surface area contributed by atoms with Crippen LogP contribution in [0, 0.1) is 24.2 Å². The van der Waals surface area contributed by atoms with E-state index in [-0.39, 0.29) is 16.7 Å². The maximum Gasteiger partial charge on any atom is 0.287 e. The predicted octanol–water partition coefficient (Wildman–Crippen LogP) is 7.72. The zero-order valence-corrected chi connectivity index (χ0v) is 22.7. The highest BCUT2D eigenvalue weighted by molar-refractivity contribution is 5.91. The monoisotopic (exact) mass is 463 g/mol. The number of carbonyl (C=O) groups excluding carboxylic acids is 1. The molecule has 0 spiro atoms. The highest BCUT2D eigenvalue weighted by Gasteiger charge is 2.49. The minimum Gasteiger partial charge on any atom is -0.456 e. The molecule has 1 unspecified atom stereocenters. The molecule has 34 heavy (non-hydrogen) atoms. The summed E-state index contributed by atoms with van der Waals surface area (Å²) in [6, 6.07) is 8.60. The van der Waals surface area contributed by atoms with Crippen LogP contribution in [0.1, 0.15) is 119 Å². The van der Waals surface area contributed by atoms with E-state index in [1.54, 1.807) is 0 Å². The number of hydrogen-bond donors (Lipinski definition) is 1. The van der Waals surface area contributed by atoms with Gasteiger partial charge in [-0.25, -0.2) is 0 Å². The lowest BCUT2D eigenvalue weighted by molar-refractivity contribution is 0.0913. The lowest BCUT2D eigenvalue weighted by atomic mass is 9.62. The summed E-state index contributed by atoms with van der Waals surface area (Å²) < 4.78 is 6.04. The molecular weight excluding hydrogens is 418 g/mol. The average Bonchev–Trinajstić information content (AvgIpc) is 3.16. The standard InChI is InChI=1S/C31H45NO2/c1-9-10-21(26-18-31(26,7)8)19-32-28(33)27-12-11-23(34-27)16-22-17-25-24(15-20(22)2)29(3,4)13-14-30(25,5)6/h11-12,15,17,21,26H,9-10,13-14,16,18-19H2,1-8H3,(H,32,33)/t21?,26-/m1/s1. The van der Waals surface area contributed by atoms with Gasteiger partial charge < -0.3 is 9.73 Å². The SMILES string of the molecule is CCCC(CNC(=O)c1ccc(Cc2cc3c(cc2C)C(C)(C)CCC3(C)C)o1)[C@H]1CC1(C)C. The number of fused-ring (bicyclic) bond motifs is 1. The number of furan rings is 1. The van der Waals surface area contributed by atoms with Crippen molar-refractivity contribution >= 4 is 5.91 Å². The van der Waals surface area contributed by atoms with Gasteiger partial charge in [0.15, 0.2) is 5.76 Å². The Hall–Kier alpha value is -2.03. The van der Waals surface area contributed by atoms with Gasteiger partial charge >= 0.3 is 0 Å². The summed E-state index contributed by atoms with van der Waals surface area (Å²) in [5.41, 5.74) is 6.40. The van der Waals surface area contributed by atoms with Gasteiger partial charge in [-0.1, -0.05) is 67.0 Å². The van der Waals surface area contributed by atoms with Crippen LogP contribution in [-0.4, -0.2) is 12.5 Å². The van der Waals surface area contributed by atoms with Gasteiger partial charge in [0.2, 0.25) is 0 Å². The van der Waals surface area contributed by atoms with Gasteiger partial charge in [-0.2, -0.15) is 0 Å². The molecule has 1 saturated carbocycles. The van der Waals surface area contributed by atoms with Crippen molar-refractivity contribution in [2.75, 3.05) is 6.54 Å². The van der Waals surface area contributed by atoms with Gasteiger partial charge in [-0.15, -0.1) is 0 Å². The third-order valence-corrected chi connectivity index (χ3v) is 8.90.